The molecule has 146 valence electrons. The minimum atomic E-state index is -3.49. The summed E-state index contributed by atoms with van der Waals surface area (Å²) in [4.78, 5) is 14.9. The van der Waals surface area contributed by atoms with E-state index in [1.807, 2.05) is 17.0 Å². The topological polar surface area (TPSA) is 57.7 Å². The van der Waals surface area contributed by atoms with Crippen LogP contribution in [-0.4, -0.2) is 49.7 Å². The lowest BCUT2D eigenvalue weighted by atomic mass is 9.92. The zero-order chi connectivity index (χ0) is 18.9. The first-order chi connectivity index (χ1) is 13.1. The van der Waals surface area contributed by atoms with Gasteiger partial charge in [-0.2, -0.15) is 4.31 Å². The van der Waals surface area contributed by atoms with E-state index >= 15 is 0 Å². The summed E-state index contributed by atoms with van der Waals surface area (Å²) >= 11 is 0. The molecule has 1 aliphatic heterocycles. The molecule has 2 aliphatic carbocycles. The summed E-state index contributed by atoms with van der Waals surface area (Å²) in [5.74, 6) is 0.254. The number of piperazine rings is 1. The second-order valence-electron chi connectivity index (χ2n) is 7.85. The number of fused-ring (bicyclic) bond motifs is 1. The van der Waals surface area contributed by atoms with Gasteiger partial charge in [0.1, 0.15) is 0 Å². The van der Waals surface area contributed by atoms with Crippen molar-refractivity contribution in [2.75, 3.05) is 26.2 Å². The lowest BCUT2D eigenvalue weighted by Gasteiger charge is -2.36. The van der Waals surface area contributed by atoms with Gasteiger partial charge in [-0.1, -0.05) is 18.2 Å². The molecule has 4 rings (SSSR count). The number of nitrogens with zero attached hydrogens (tertiary/aromatic N) is 2. The Kier molecular flexibility index (Phi) is 5.37. The van der Waals surface area contributed by atoms with Crippen LogP contribution >= 0.6 is 0 Å². The van der Waals surface area contributed by atoms with E-state index in [4.69, 9.17) is 0 Å². The molecule has 0 spiro atoms. The fourth-order valence-electron chi connectivity index (χ4n) is 4.44. The Balaban J connectivity index is 1.42. The second kappa shape index (κ2) is 7.76. The molecule has 0 saturated carbocycles. The summed E-state index contributed by atoms with van der Waals surface area (Å²) in [6, 6.07) is 5.61. The number of rotatable bonds is 3. The van der Waals surface area contributed by atoms with Gasteiger partial charge in [0.05, 0.1) is 4.90 Å². The van der Waals surface area contributed by atoms with E-state index < -0.39 is 10.0 Å². The summed E-state index contributed by atoms with van der Waals surface area (Å²) in [5, 5.41) is 0. The Morgan fingerprint density at radius 2 is 1.70 bits per heavy atom. The third kappa shape index (κ3) is 3.83. The molecule has 27 heavy (non-hydrogen) atoms. The molecule has 1 amide bonds. The zero-order valence-corrected chi connectivity index (χ0v) is 16.6. The van der Waals surface area contributed by atoms with Gasteiger partial charge in [0, 0.05) is 32.1 Å². The van der Waals surface area contributed by atoms with Crippen molar-refractivity contribution in [1.29, 1.82) is 0 Å². The highest BCUT2D eigenvalue weighted by atomic mass is 32.2. The Labute approximate surface area is 162 Å². The summed E-state index contributed by atoms with van der Waals surface area (Å²) in [5.41, 5.74) is 2.47. The number of sulfonamides is 1. The molecule has 1 aromatic rings. The predicted molar refractivity (Wildman–Crippen MR) is 105 cm³/mol. The monoisotopic (exact) mass is 388 g/mol. The van der Waals surface area contributed by atoms with E-state index in [1.54, 1.807) is 10.4 Å². The van der Waals surface area contributed by atoms with Crippen LogP contribution in [0.3, 0.4) is 0 Å². The molecule has 1 saturated heterocycles. The van der Waals surface area contributed by atoms with E-state index in [0.717, 1.165) is 38.5 Å². The van der Waals surface area contributed by atoms with Gasteiger partial charge in [-0.25, -0.2) is 8.42 Å². The molecule has 6 heteroatoms. The molecule has 0 N–H and O–H groups in total. The van der Waals surface area contributed by atoms with Crippen molar-refractivity contribution in [2.24, 2.45) is 5.92 Å². The Hall–Kier alpha value is -1.66. The Morgan fingerprint density at radius 3 is 2.41 bits per heavy atom. The normalized spacial score (nSPS) is 23.9. The van der Waals surface area contributed by atoms with Crippen molar-refractivity contribution in [3.63, 3.8) is 0 Å². The number of allylic oxidation sites excluding steroid dienone is 2. The van der Waals surface area contributed by atoms with Crippen LogP contribution in [0.1, 0.15) is 43.2 Å². The van der Waals surface area contributed by atoms with Crippen molar-refractivity contribution >= 4 is 15.9 Å². The smallest absolute Gasteiger partial charge is 0.243 e. The van der Waals surface area contributed by atoms with Crippen molar-refractivity contribution in [3.05, 3.63) is 41.5 Å². The number of benzene rings is 1. The molecule has 5 nitrogen and oxygen atoms in total. The van der Waals surface area contributed by atoms with Crippen LogP contribution in [0.5, 0.6) is 0 Å². The van der Waals surface area contributed by atoms with Gasteiger partial charge < -0.3 is 4.90 Å². The maximum Gasteiger partial charge on any atom is 0.243 e. The molecule has 0 unspecified atom stereocenters. The molecular weight excluding hydrogens is 360 g/mol. The fraction of sp³-hybridized carbons (Fsp3) is 0.571. The maximum atomic E-state index is 13.1. The molecule has 0 radical (unpaired) electrons. The predicted octanol–water partition coefficient (Wildman–Crippen LogP) is 2.75. The van der Waals surface area contributed by atoms with E-state index in [-0.39, 0.29) is 11.8 Å². The third-order valence-electron chi connectivity index (χ3n) is 6.13. The molecule has 1 aromatic carbocycles. The number of carbonyl (C=O) groups is 1. The lowest BCUT2D eigenvalue weighted by molar-refractivity contribution is -0.137. The van der Waals surface area contributed by atoms with Crippen LogP contribution < -0.4 is 0 Å². The van der Waals surface area contributed by atoms with E-state index in [0.29, 0.717) is 31.1 Å². The van der Waals surface area contributed by atoms with E-state index in [2.05, 4.69) is 12.2 Å². The standard InChI is InChI=1S/C21H28N2O3S/c24-21(18-7-2-1-3-8-18)22-12-14-23(15-13-22)27(25,26)20-11-10-17-6-4-5-9-19(17)16-20/h1-2,10-11,16,18H,3-9,12-15H2/t18-/m1/s1. The van der Waals surface area contributed by atoms with Crippen molar-refractivity contribution in [3.8, 4) is 0 Å². The number of carbonyl (C=O) groups excluding carboxylic acids is 1. The first kappa shape index (κ1) is 18.7. The van der Waals surface area contributed by atoms with Crippen LogP contribution in [0.2, 0.25) is 0 Å². The first-order valence-corrected chi connectivity index (χ1v) is 11.6. The first-order valence-electron chi connectivity index (χ1n) is 10.1. The summed E-state index contributed by atoms with van der Waals surface area (Å²) < 4.78 is 27.7. The molecule has 1 atom stereocenters. The number of amides is 1. The van der Waals surface area contributed by atoms with Crippen LogP contribution in [0.4, 0.5) is 0 Å². The van der Waals surface area contributed by atoms with Gasteiger partial charge in [-0.15, -0.1) is 0 Å². The van der Waals surface area contributed by atoms with Crippen molar-refractivity contribution in [2.45, 2.75) is 49.8 Å². The van der Waals surface area contributed by atoms with Gasteiger partial charge >= 0.3 is 0 Å². The zero-order valence-electron chi connectivity index (χ0n) is 15.8. The Morgan fingerprint density at radius 1 is 0.963 bits per heavy atom. The summed E-state index contributed by atoms with van der Waals surface area (Å²) in [6.45, 7) is 1.74. The average Bonchev–Trinajstić information content (AvgIpc) is 2.73. The lowest BCUT2D eigenvalue weighted by Crippen LogP contribution is -2.51. The van der Waals surface area contributed by atoms with Gasteiger partial charge in [-0.3, -0.25) is 4.79 Å². The van der Waals surface area contributed by atoms with Crippen LogP contribution in [-0.2, 0) is 27.7 Å². The largest absolute Gasteiger partial charge is 0.340 e. The molecule has 3 aliphatic rings. The molecule has 0 bridgehead atoms. The summed E-state index contributed by atoms with van der Waals surface area (Å²) in [6.07, 6.45) is 11.2. The molecule has 0 aromatic heterocycles. The van der Waals surface area contributed by atoms with Gasteiger partial charge in [-0.05, 0) is 68.2 Å². The van der Waals surface area contributed by atoms with Crippen molar-refractivity contribution in [1.82, 2.24) is 9.21 Å². The molecule has 1 heterocycles. The number of hydrogen-bond acceptors (Lipinski definition) is 3. The number of hydrogen-bond donors (Lipinski definition) is 0. The highest BCUT2D eigenvalue weighted by molar-refractivity contribution is 7.89. The maximum absolute atomic E-state index is 13.1. The Bertz CT molecular complexity index is 839. The second-order valence-corrected chi connectivity index (χ2v) is 9.79. The van der Waals surface area contributed by atoms with Crippen LogP contribution in [0, 0.1) is 5.92 Å². The van der Waals surface area contributed by atoms with E-state index in [1.165, 1.54) is 17.5 Å². The van der Waals surface area contributed by atoms with Crippen LogP contribution in [0.15, 0.2) is 35.2 Å². The van der Waals surface area contributed by atoms with Gasteiger partial charge in [0.2, 0.25) is 15.9 Å². The minimum absolute atomic E-state index is 0.0683. The highest BCUT2D eigenvalue weighted by Crippen LogP contribution is 2.27. The summed E-state index contributed by atoms with van der Waals surface area (Å²) in [7, 11) is -3.49. The third-order valence-corrected chi connectivity index (χ3v) is 8.02. The highest BCUT2D eigenvalue weighted by Gasteiger charge is 2.32. The van der Waals surface area contributed by atoms with Gasteiger partial charge in [0.15, 0.2) is 0 Å². The van der Waals surface area contributed by atoms with Crippen molar-refractivity contribution < 1.29 is 13.2 Å². The fourth-order valence-corrected chi connectivity index (χ4v) is 5.92. The SMILES string of the molecule is O=C([C@@H]1CC=CCC1)N1CCN(S(=O)(=O)c2ccc3c(c2)CCCC3)CC1. The molecular formula is C21H28N2O3S. The average molecular weight is 389 g/mol. The van der Waals surface area contributed by atoms with Gasteiger partial charge in [0.25, 0.3) is 0 Å². The van der Waals surface area contributed by atoms with Crippen LogP contribution in [0.25, 0.3) is 0 Å². The molecule has 1 fully saturated rings. The van der Waals surface area contributed by atoms with E-state index in [9.17, 15) is 13.2 Å². The quantitative estimate of drug-likeness (QED) is 0.748. The minimum Gasteiger partial charge on any atom is -0.340 e. The number of aryl methyl sites for hydroxylation is 2.